The minimum absolute atomic E-state index is 0. The van der Waals surface area contributed by atoms with Crippen molar-refractivity contribution in [1.29, 1.82) is 0 Å². The van der Waals surface area contributed by atoms with Crippen LogP contribution >= 0.6 is 12.4 Å². The Morgan fingerprint density at radius 3 is 2.61 bits per heavy atom. The van der Waals surface area contributed by atoms with Gasteiger partial charge in [0.2, 0.25) is 0 Å². The van der Waals surface area contributed by atoms with Crippen LogP contribution in [0.4, 0.5) is 0 Å². The third-order valence-corrected chi connectivity index (χ3v) is 2.96. The van der Waals surface area contributed by atoms with Crippen molar-refractivity contribution < 1.29 is 0 Å². The van der Waals surface area contributed by atoms with Gasteiger partial charge in [-0.1, -0.05) is 48.4 Å². The van der Waals surface area contributed by atoms with Crippen LogP contribution in [0, 0.1) is 11.8 Å². The second-order valence-corrected chi connectivity index (χ2v) is 4.10. The lowest BCUT2D eigenvalue weighted by Gasteiger charge is -2.14. The molecule has 2 aromatic rings. The number of halogens is 1. The molecule has 0 spiro atoms. The van der Waals surface area contributed by atoms with E-state index in [0.29, 0.717) is 6.04 Å². The molecule has 0 heterocycles. The van der Waals surface area contributed by atoms with E-state index in [0.717, 1.165) is 6.54 Å². The Bertz CT molecular complexity index is 561. The van der Waals surface area contributed by atoms with Gasteiger partial charge in [0.1, 0.15) is 0 Å². The van der Waals surface area contributed by atoms with E-state index in [2.05, 4.69) is 66.5 Å². The summed E-state index contributed by atoms with van der Waals surface area (Å²) in [5, 5.41) is 6.03. The summed E-state index contributed by atoms with van der Waals surface area (Å²) in [6.45, 7) is 4.78. The highest BCUT2D eigenvalue weighted by atomic mass is 35.5. The van der Waals surface area contributed by atoms with Gasteiger partial charge in [-0.05, 0) is 30.2 Å². The van der Waals surface area contributed by atoms with Crippen molar-refractivity contribution in [3.8, 4) is 11.8 Å². The van der Waals surface area contributed by atoms with Gasteiger partial charge >= 0.3 is 0 Å². The summed E-state index contributed by atoms with van der Waals surface area (Å²) in [7, 11) is 0. The zero-order valence-electron chi connectivity index (χ0n) is 10.7. The van der Waals surface area contributed by atoms with Gasteiger partial charge in [0.15, 0.2) is 0 Å². The first-order chi connectivity index (χ1) is 8.33. The molecule has 2 rings (SSSR count). The highest BCUT2D eigenvalue weighted by Gasteiger charge is 2.07. The Hall–Kier alpha value is -1.49. The Morgan fingerprint density at radius 1 is 1.11 bits per heavy atom. The van der Waals surface area contributed by atoms with Crippen LogP contribution in [0.3, 0.4) is 0 Å². The molecule has 0 radical (unpaired) electrons. The quantitative estimate of drug-likeness (QED) is 0.824. The minimum atomic E-state index is 0. The van der Waals surface area contributed by atoms with E-state index in [1.54, 1.807) is 0 Å². The normalized spacial score (nSPS) is 11.2. The molecule has 1 N–H and O–H groups in total. The highest BCUT2D eigenvalue weighted by molar-refractivity contribution is 5.86. The fraction of sp³-hybridized carbons (Fsp3) is 0.250. The van der Waals surface area contributed by atoms with Crippen molar-refractivity contribution in [2.75, 3.05) is 6.54 Å². The molecule has 0 saturated carbocycles. The lowest BCUT2D eigenvalue weighted by atomic mass is 10.00. The van der Waals surface area contributed by atoms with Crippen LogP contribution in [0.5, 0.6) is 0 Å². The van der Waals surface area contributed by atoms with E-state index in [9.17, 15) is 0 Å². The van der Waals surface area contributed by atoms with Crippen LogP contribution in [-0.2, 0) is 0 Å². The molecule has 18 heavy (non-hydrogen) atoms. The summed E-state index contributed by atoms with van der Waals surface area (Å²) in [5.41, 5.74) is 1.33. The average molecular weight is 260 g/mol. The van der Waals surface area contributed by atoms with Crippen LogP contribution in [-0.4, -0.2) is 6.54 Å². The van der Waals surface area contributed by atoms with Crippen molar-refractivity contribution in [3.05, 3.63) is 48.0 Å². The molecule has 0 aliphatic carbocycles. The lowest BCUT2D eigenvalue weighted by Crippen LogP contribution is -2.18. The van der Waals surface area contributed by atoms with Gasteiger partial charge < -0.3 is 0 Å². The molecule has 1 atom stereocenters. The predicted molar refractivity (Wildman–Crippen MR) is 81.1 cm³/mol. The van der Waals surface area contributed by atoms with Crippen molar-refractivity contribution >= 4 is 23.2 Å². The molecule has 0 fully saturated rings. The number of nitrogens with one attached hydrogen (secondary N) is 1. The number of hydrogen-bond donors (Lipinski definition) is 1. The van der Waals surface area contributed by atoms with Crippen LogP contribution in [0.25, 0.3) is 10.8 Å². The summed E-state index contributed by atoms with van der Waals surface area (Å²) in [6, 6.07) is 15.3. The lowest BCUT2D eigenvalue weighted by molar-refractivity contribution is 0.627. The van der Waals surface area contributed by atoms with Crippen molar-refractivity contribution in [3.63, 3.8) is 0 Å². The van der Waals surface area contributed by atoms with Crippen LogP contribution in [0.1, 0.15) is 25.5 Å². The molecule has 94 valence electrons. The molecule has 0 saturated heterocycles. The second-order valence-electron chi connectivity index (χ2n) is 4.10. The largest absolute Gasteiger partial charge is 0.300 e. The Labute approximate surface area is 115 Å². The average Bonchev–Trinajstić information content (AvgIpc) is 2.38. The molecule has 0 amide bonds. The van der Waals surface area contributed by atoms with Gasteiger partial charge in [-0.2, -0.15) is 0 Å². The predicted octanol–water partition coefficient (Wildman–Crippen LogP) is 3.94. The van der Waals surface area contributed by atoms with E-state index in [1.807, 2.05) is 6.92 Å². The van der Waals surface area contributed by atoms with E-state index in [-0.39, 0.29) is 12.4 Å². The maximum atomic E-state index is 3.42. The number of fused-ring (bicyclic) bond motifs is 1. The zero-order valence-corrected chi connectivity index (χ0v) is 11.6. The van der Waals surface area contributed by atoms with Crippen molar-refractivity contribution in [2.24, 2.45) is 0 Å². The smallest absolute Gasteiger partial charge is 0.0581 e. The number of hydrogen-bond acceptors (Lipinski definition) is 1. The standard InChI is InChI=1S/C16H17N.ClH/c1-3-4-12-17-13(2)15-11-7-9-14-8-5-6-10-16(14)15;/h5-11,13,17H,12H2,1-2H3;1H. The first-order valence-electron chi connectivity index (χ1n) is 5.93. The zero-order chi connectivity index (χ0) is 12.1. The topological polar surface area (TPSA) is 12.0 Å². The molecular weight excluding hydrogens is 242 g/mol. The first-order valence-corrected chi connectivity index (χ1v) is 5.93. The number of benzene rings is 2. The van der Waals surface area contributed by atoms with Crippen molar-refractivity contribution in [2.45, 2.75) is 19.9 Å². The summed E-state index contributed by atoms with van der Waals surface area (Å²) in [6.07, 6.45) is 0. The van der Waals surface area contributed by atoms with Crippen LogP contribution in [0.2, 0.25) is 0 Å². The van der Waals surface area contributed by atoms with E-state index >= 15 is 0 Å². The molecule has 0 aliphatic heterocycles. The third-order valence-electron chi connectivity index (χ3n) is 2.96. The van der Waals surface area contributed by atoms with Crippen LogP contribution < -0.4 is 5.32 Å². The molecule has 2 aromatic carbocycles. The highest BCUT2D eigenvalue weighted by Crippen LogP contribution is 2.23. The molecule has 0 bridgehead atoms. The summed E-state index contributed by atoms with van der Waals surface area (Å²) in [4.78, 5) is 0. The molecule has 1 nitrogen and oxygen atoms in total. The monoisotopic (exact) mass is 259 g/mol. The third kappa shape index (κ3) is 3.26. The first kappa shape index (κ1) is 14.6. The van der Waals surface area contributed by atoms with Gasteiger partial charge in [-0.25, -0.2) is 0 Å². The van der Waals surface area contributed by atoms with E-state index < -0.39 is 0 Å². The van der Waals surface area contributed by atoms with Gasteiger partial charge in [-0.3, -0.25) is 5.32 Å². The van der Waals surface area contributed by atoms with Gasteiger partial charge in [0, 0.05) is 6.04 Å². The molecule has 0 aromatic heterocycles. The summed E-state index contributed by atoms with van der Waals surface area (Å²) >= 11 is 0. The SMILES string of the molecule is CC#CCNC(C)c1cccc2ccccc12.Cl. The number of rotatable bonds is 3. The maximum absolute atomic E-state index is 3.42. The molecule has 1 unspecified atom stereocenters. The van der Waals surface area contributed by atoms with Gasteiger partial charge in [0.05, 0.1) is 6.54 Å². The Balaban J connectivity index is 0.00000162. The maximum Gasteiger partial charge on any atom is 0.0581 e. The molecular formula is C16H18ClN. The van der Waals surface area contributed by atoms with Crippen LogP contribution in [0.15, 0.2) is 42.5 Å². The van der Waals surface area contributed by atoms with Crippen molar-refractivity contribution in [1.82, 2.24) is 5.32 Å². The van der Waals surface area contributed by atoms with Gasteiger partial charge in [0.25, 0.3) is 0 Å². The Morgan fingerprint density at radius 2 is 1.83 bits per heavy atom. The Kier molecular flexibility index (Phi) is 5.71. The van der Waals surface area contributed by atoms with E-state index in [1.165, 1.54) is 16.3 Å². The van der Waals surface area contributed by atoms with Gasteiger partial charge in [-0.15, -0.1) is 18.3 Å². The minimum Gasteiger partial charge on any atom is -0.300 e. The summed E-state index contributed by atoms with van der Waals surface area (Å²) in [5.74, 6) is 5.94. The fourth-order valence-electron chi connectivity index (χ4n) is 2.03. The fourth-order valence-corrected chi connectivity index (χ4v) is 2.03. The van der Waals surface area contributed by atoms with E-state index in [4.69, 9.17) is 0 Å². The summed E-state index contributed by atoms with van der Waals surface area (Å²) < 4.78 is 0. The second kappa shape index (κ2) is 7.06. The molecule has 2 heteroatoms. The molecule has 0 aliphatic rings.